The van der Waals surface area contributed by atoms with E-state index in [-0.39, 0.29) is 0 Å². The molecule has 1 aliphatic heterocycles. The third-order valence-corrected chi connectivity index (χ3v) is 6.77. The van der Waals surface area contributed by atoms with Gasteiger partial charge < -0.3 is 10.2 Å². The van der Waals surface area contributed by atoms with Crippen LogP contribution in [0.15, 0.2) is 59.2 Å². The molecule has 0 saturated carbocycles. The van der Waals surface area contributed by atoms with Gasteiger partial charge in [-0.05, 0) is 57.5 Å². The highest BCUT2D eigenvalue weighted by atomic mass is 79.9. The van der Waals surface area contributed by atoms with Crippen LogP contribution in [0.4, 0.5) is 5.82 Å². The van der Waals surface area contributed by atoms with Gasteiger partial charge in [0, 0.05) is 49.0 Å². The van der Waals surface area contributed by atoms with Crippen molar-refractivity contribution < 1.29 is 0 Å². The fraction of sp³-hybridized carbons (Fsp3) is 0.273. The van der Waals surface area contributed by atoms with Crippen LogP contribution in [0.25, 0.3) is 0 Å². The Balaban J connectivity index is 1.30. The number of thiocarbonyl (C=S) groups is 1. The van der Waals surface area contributed by atoms with Gasteiger partial charge in [0.15, 0.2) is 10.9 Å². The molecule has 0 amide bonds. The van der Waals surface area contributed by atoms with E-state index in [4.69, 9.17) is 35.4 Å². The van der Waals surface area contributed by atoms with Crippen molar-refractivity contribution in [1.82, 2.24) is 19.6 Å². The summed E-state index contributed by atoms with van der Waals surface area (Å²) in [7, 11) is 0. The summed E-state index contributed by atoms with van der Waals surface area (Å²) in [6.45, 7) is 5.16. The van der Waals surface area contributed by atoms with Crippen molar-refractivity contribution in [3.05, 3.63) is 80.4 Å². The van der Waals surface area contributed by atoms with Gasteiger partial charge in [-0.25, -0.2) is 0 Å². The molecule has 0 aliphatic carbocycles. The largest absolute Gasteiger partial charge is 0.346 e. The first kappa shape index (κ1) is 22.6. The fourth-order valence-corrected chi connectivity index (χ4v) is 4.52. The predicted molar refractivity (Wildman–Crippen MR) is 135 cm³/mol. The van der Waals surface area contributed by atoms with E-state index in [0.29, 0.717) is 17.5 Å². The van der Waals surface area contributed by atoms with E-state index in [1.807, 2.05) is 47.3 Å². The Kier molecular flexibility index (Phi) is 7.51. The first-order valence-electron chi connectivity index (χ1n) is 9.97. The number of nitrogens with one attached hydrogen (secondary N) is 1. The first-order chi connectivity index (χ1) is 15.0. The Morgan fingerprint density at radius 3 is 2.42 bits per heavy atom. The van der Waals surface area contributed by atoms with Crippen molar-refractivity contribution in [3.8, 4) is 0 Å². The molecule has 0 radical (unpaired) electrons. The molecule has 0 spiro atoms. The molecule has 2 heterocycles. The van der Waals surface area contributed by atoms with Crippen molar-refractivity contribution in [2.75, 3.05) is 31.5 Å². The monoisotopic (exact) mass is 537 g/mol. The van der Waals surface area contributed by atoms with Crippen LogP contribution in [0.1, 0.15) is 11.1 Å². The van der Waals surface area contributed by atoms with Crippen molar-refractivity contribution in [2.24, 2.45) is 0 Å². The lowest BCUT2D eigenvalue weighted by atomic mass is 10.2. The van der Waals surface area contributed by atoms with Crippen molar-refractivity contribution >= 4 is 62.3 Å². The standard InChI is InChI=1S/C22H22BrCl2N5S/c23-19-15-30(14-17-3-1-2-4-20(17)25)27-21(19)26-22(31)29-11-9-28(10-12-29)13-16-5-7-18(24)8-6-16/h1-8,15H,9-14H2,(H,26,27,31). The summed E-state index contributed by atoms with van der Waals surface area (Å²) in [4.78, 5) is 4.61. The summed E-state index contributed by atoms with van der Waals surface area (Å²) in [5.74, 6) is 0.709. The molecule has 162 valence electrons. The third kappa shape index (κ3) is 5.99. The highest BCUT2D eigenvalue weighted by molar-refractivity contribution is 9.10. The highest BCUT2D eigenvalue weighted by Gasteiger charge is 2.20. The quantitative estimate of drug-likeness (QED) is 0.433. The van der Waals surface area contributed by atoms with Crippen LogP contribution >= 0.6 is 51.3 Å². The summed E-state index contributed by atoms with van der Waals surface area (Å²) in [5, 5.41) is 10.1. The number of nitrogens with zero attached hydrogens (tertiary/aromatic N) is 4. The summed E-state index contributed by atoms with van der Waals surface area (Å²) in [5.41, 5.74) is 2.29. The van der Waals surface area contributed by atoms with Gasteiger partial charge in [0.05, 0.1) is 11.0 Å². The SMILES string of the molecule is S=C(Nc1nn(Cc2ccccc2Cl)cc1Br)N1CCN(Cc2ccc(Cl)cc2)CC1. The second-order valence-corrected chi connectivity index (χ2v) is 9.52. The minimum Gasteiger partial charge on any atom is -0.346 e. The number of anilines is 1. The molecule has 2 aromatic carbocycles. The van der Waals surface area contributed by atoms with Crippen molar-refractivity contribution in [1.29, 1.82) is 0 Å². The maximum atomic E-state index is 6.27. The molecule has 1 aromatic heterocycles. The van der Waals surface area contributed by atoms with E-state index < -0.39 is 0 Å². The highest BCUT2D eigenvalue weighted by Crippen LogP contribution is 2.23. The minimum absolute atomic E-state index is 0.593. The van der Waals surface area contributed by atoms with E-state index in [9.17, 15) is 0 Å². The smallest absolute Gasteiger partial charge is 0.174 e. The van der Waals surface area contributed by atoms with Gasteiger partial charge in [-0.3, -0.25) is 9.58 Å². The second-order valence-electron chi connectivity index (χ2n) is 7.43. The summed E-state index contributed by atoms with van der Waals surface area (Å²) >= 11 is 21.5. The van der Waals surface area contributed by atoms with E-state index in [1.54, 1.807) is 0 Å². The number of halogens is 3. The van der Waals surface area contributed by atoms with Gasteiger partial charge >= 0.3 is 0 Å². The van der Waals surface area contributed by atoms with Crippen molar-refractivity contribution in [3.63, 3.8) is 0 Å². The summed E-state index contributed by atoms with van der Waals surface area (Å²) < 4.78 is 2.71. The molecule has 5 nitrogen and oxygen atoms in total. The molecule has 1 fully saturated rings. The molecular formula is C22H22BrCl2N5S. The van der Waals surface area contributed by atoms with Crippen LogP contribution in [0.2, 0.25) is 10.0 Å². The van der Waals surface area contributed by atoms with Gasteiger partial charge in [0.1, 0.15) is 0 Å². The van der Waals surface area contributed by atoms with Gasteiger partial charge in [0.25, 0.3) is 0 Å². The van der Waals surface area contributed by atoms with E-state index in [2.05, 4.69) is 48.3 Å². The van der Waals surface area contributed by atoms with Crippen LogP contribution in [-0.2, 0) is 13.1 Å². The molecule has 31 heavy (non-hydrogen) atoms. The van der Waals surface area contributed by atoms with Crippen LogP contribution in [0.5, 0.6) is 0 Å². The Hall–Kier alpha value is -1.64. The molecule has 1 saturated heterocycles. The van der Waals surface area contributed by atoms with Crippen molar-refractivity contribution in [2.45, 2.75) is 13.1 Å². The lowest BCUT2D eigenvalue weighted by Gasteiger charge is -2.36. The Morgan fingerprint density at radius 2 is 1.71 bits per heavy atom. The molecule has 0 bridgehead atoms. The first-order valence-corrected chi connectivity index (χ1v) is 11.9. The number of hydrogen-bond donors (Lipinski definition) is 1. The number of hydrogen-bond acceptors (Lipinski definition) is 3. The fourth-order valence-electron chi connectivity index (χ4n) is 3.50. The molecule has 9 heteroatoms. The van der Waals surface area contributed by atoms with E-state index in [1.165, 1.54) is 5.56 Å². The molecule has 3 aromatic rings. The molecule has 4 rings (SSSR count). The maximum absolute atomic E-state index is 6.27. The van der Waals surface area contributed by atoms with Gasteiger partial charge in [-0.2, -0.15) is 5.10 Å². The van der Waals surface area contributed by atoms with Crippen LogP contribution in [0.3, 0.4) is 0 Å². The average Bonchev–Trinajstić information content (AvgIpc) is 3.10. The van der Waals surface area contributed by atoms with E-state index >= 15 is 0 Å². The van der Waals surface area contributed by atoms with E-state index in [0.717, 1.165) is 52.8 Å². The van der Waals surface area contributed by atoms with Crippen LogP contribution in [0, 0.1) is 0 Å². The van der Waals surface area contributed by atoms with Crippen LogP contribution in [-0.4, -0.2) is 50.9 Å². The molecular weight excluding hydrogens is 517 g/mol. The second kappa shape index (κ2) is 10.3. The Labute approximate surface area is 206 Å². The third-order valence-electron chi connectivity index (χ3n) is 5.21. The van der Waals surface area contributed by atoms with Gasteiger partial charge in [-0.15, -0.1) is 0 Å². The predicted octanol–water partition coefficient (Wildman–Crippen LogP) is 5.52. The topological polar surface area (TPSA) is 36.3 Å². The number of rotatable bonds is 5. The van der Waals surface area contributed by atoms with Gasteiger partial charge in [-0.1, -0.05) is 53.5 Å². The minimum atomic E-state index is 0.593. The Bertz CT molecular complexity index is 1050. The molecule has 0 unspecified atom stereocenters. The number of aromatic nitrogens is 2. The zero-order valence-electron chi connectivity index (χ0n) is 16.8. The Morgan fingerprint density at radius 1 is 1.00 bits per heavy atom. The molecule has 1 aliphatic rings. The lowest BCUT2D eigenvalue weighted by molar-refractivity contribution is 0.177. The maximum Gasteiger partial charge on any atom is 0.174 e. The van der Waals surface area contributed by atoms with Crippen LogP contribution < -0.4 is 5.32 Å². The molecule has 1 N–H and O–H groups in total. The zero-order valence-corrected chi connectivity index (χ0v) is 20.7. The molecule has 0 atom stereocenters. The number of benzene rings is 2. The normalized spacial score (nSPS) is 14.6. The average molecular weight is 539 g/mol. The summed E-state index contributed by atoms with van der Waals surface area (Å²) in [6.07, 6.45) is 1.93. The summed E-state index contributed by atoms with van der Waals surface area (Å²) in [6, 6.07) is 15.8. The number of piperazine rings is 1. The van der Waals surface area contributed by atoms with Gasteiger partial charge in [0.2, 0.25) is 0 Å². The lowest BCUT2D eigenvalue weighted by Crippen LogP contribution is -2.49. The zero-order chi connectivity index (χ0) is 21.8.